The van der Waals surface area contributed by atoms with Crippen molar-refractivity contribution >= 4 is 23.7 Å². The average molecular weight is 490 g/mol. The highest BCUT2D eigenvalue weighted by atomic mass is 16.6. The maximum atomic E-state index is 13.8. The van der Waals surface area contributed by atoms with Gasteiger partial charge in [-0.3, -0.25) is 19.2 Å². The molecule has 4 aliphatic rings. The van der Waals surface area contributed by atoms with Crippen LogP contribution in [0, 0.1) is 11.8 Å². The lowest BCUT2D eigenvalue weighted by molar-refractivity contribution is -0.158. The maximum absolute atomic E-state index is 13.8. The Morgan fingerprint density at radius 1 is 1.17 bits per heavy atom. The summed E-state index contributed by atoms with van der Waals surface area (Å²) in [4.78, 5) is 56.0. The molecule has 0 aromatic rings. The van der Waals surface area contributed by atoms with Crippen molar-refractivity contribution in [1.82, 2.24) is 15.1 Å². The number of fused-ring (bicyclic) bond motifs is 2. The molecule has 0 bridgehead atoms. The van der Waals surface area contributed by atoms with Crippen LogP contribution in [-0.4, -0.2) is 95.2 Å². The molecule has 0 saturated carbocycles. The Morgan fingerprint density at radius 2 is 1.97 bits per heavy atom. The lowest BCUT2D eigenvalue weighted by Crippen LogP contribution is -2.55. The largest absolute Gasteiger partial charge is 0.460 e. The van der Waals surface area contributed by atoms with Crippen LogP contribution < -0.4 is 5.32 Å². The van der Waals surface area contributed by atoms with Crippen LogP contribution in [0.2, 0.25) is 0 Å². The zero-order chi connectivity index (χ0) is 25.2. The van der Waals surface area contributed by atoms with Gasteiger partial charge >= 0.3 is 5.97 Å². The van der Waals surface area contributed by atoms with Gasteiger partial charge in [-0.2, -0.15) is 0 Å². The number of rotatable bonds is 5. The standard InChI is InChI=1S/C25H35N3O7/c1-3-4-11-27-12-7-10-25-20(22(31)28(13-14-29)21(25)23(27)32)19-17(35-25)8-5-6-9-18(30)26-15-16(2)34-24(19)33/h5,7-8,10,16-17,19-21,29H,3-4,6,9,11-15H2,1-2H3,(H,26,30)/b8-5-/t16-,17-,19+,20+,21-,25+/m1/s1. The first kappa shape index (κ1) is 25.4. The molecular formula is C25H35N3O7. The van der Waals surface area contributed by atoms with Crippen LogP contribution in [0.4, 0.5) is 0 Å². The Morgan fingerprint density at radius 3 is 2.71 bits per heavy atom. The van der Waals surface area contributed by atoms with Gasteiger partial charge in [0.1, 0.15) is 23.7 Å². The molecule has 1 spiro atoms. The summed E-state index contributed by atoms with van der Waals surface area (Å²) in [5, 5.41) is 12.4. The van der Waals surface area contributed by atoms with E-state index in [1.807, 2.05) is 13.0 Å². The van der Waals surface area contributed by atoms with E-state index in [-0.39, 0.29) is 37.9 Å². The first-order chi connectivity index (χ1) is 16.8. The van der Waals surface area contributed by atoms with Crippen LogP contribution in [-0.2, 0) is 28.7 Å². The van der Waals surface area contributed by atoms with Gasteiger partial charge in [-0.15, -0.1) is 0 Å². The third kappa shape index (κ3) is 4.61. The number of carbonyl (C=O) groups excluding carboxylic acids is 4. The Labute approximate surface area is 205 Å². The number of nitrogens with zero attached hydrogens (tertiary/aromatic N) is 2. The van der Waals surface area contributed by atoms with Gasteiger partial charge < -0.3 is 29.7 Å². The number of β-amino-alcohol motifs (C(OH)–C–C–N with tert-alkyl or cyclic N) is 1. The second-order valence-corrected chi connectivity index (χ2v) is 9.66. The zero-order valence-corrected chi connectivity index (χ0v) is 20.4. The van der Waals surface area contributed by atoms with E-state index < -0.39 is 47.6 Å². The second kappa shape index (κ2) is 10.5. The number of nitrogens with one attached hydrogen (secondary N) is 1. The summed E-state index contributed by atoms with van der Waals surface area (Å²) < 4.78 is 12.1. The fraction of sp³-hybridized carbons (Fsp3) is 0.680. The molecule has 2 N–H and O–H groups in total. The van der Waals surface area contributed by atoms with Crippen LogP contribution in [0.5, 0.6) is 0 Å². The van der Waals surface area contributed by atoms with Gasteiger partial charge in [-0.05, 0) is 19.8 Å². The van der Waals surface area contributed by atoms with E-state index in [0.717, 1.165) is 12.8 Å². The highest BCUT2D eigenvalue weighted by Crippen LogP contribution is 2.53. The Bertz CT molecular complexity index is 919. The fourth-order valence-corrected chi connectivity index (χ4v) is 5.61. The number of unbranched alkanes of at least 4 members (excludes halogenated alkanes) is 1. The smallest absolute Gasteiger partial charge is 0.313 e. The first-order valence-corrected chi connectivity index (χ1v) is 12.5. The van der Waals surface area contributed by atoms with E-state index in [2.05, 4.69) is 5.32 Å². The molecule has 4 rings (SSSR count). The molecule has 6 atom stereocenters. The highest BCUT2D eigenvalue weighted by molar-refractivity contribution is 5.99. The number of hydrogen-bond donors (Lipinski definition) is 2. The van der Waals surface area contributed by atoms with Gasteiger partial charge in [0.2, 0.25) is 17.7 Å². The molecule has 2 saturated heterocycles. The summed E-state index contributed by atoms with van der Waals surface area (Å²) in [7, 11) is 0. The lowest BCUT2D eigenvalue weighted by Gasteiger charge is -2.35. The number of cyclic esters (lactones) is 1. The summed E-state index contributed by atoms with van der Waals surface area (Å²) in [6.45, 7) is 4.48. The molecule has 35 heavy (non-hydrogen) atoms. The quantitative estimate of drug-likeness (QED) is 0.416. The number of amides is 3. The topological polar surface area (TPSA) is 125 Å². The van der Waals surface area contributed by atoms with Crippen LogP contribution in [0.1, 0.15) is 39.5 Å². The van der Waals surface area contributed by atoms with Crippen molar-refractivity contribution in [2.24, 2.45) is 11.8 Å². The first-order valence-electron chi connectivity index (χ1n) is 12.5. The summed E-state index contributed by atoms with van der Waals surface area (Å²) in [5.74, 6) is -3.30. The Hall–Kier alpha value is -2.72. The summed E-state index contributed by atoms with van der Waals surface area (Å²) in [6, 6.07) is -0.979. The maximum Gasteiger partial charge on any atom is 0.313 e. The third-order valence-corrected chi connectivity index (χ3v) is 7.24. The number of carbonyl (C=O) groups is 4. The predicted octanol–water partition coefficient (Wildman–Crippen LogP) is 0.156. The van der Waals surface area contributed by atoms with Gasteiger partial charge in [0.15, 0.2) is 0 Å². The number of esters is 1. The van der Waals surface area contributed by atoms with Crippen LogP contribution in [0.15, 0.2) is 24.3 Å². The average Bonchev–Trinajstić information content (AvgIpc) is 3.20. The van der Waals surface area contributed by atoms with Crippen LogP contribution in [0.25, 0.3) is 0 Å². The van der Waals surface area contributed by atoms with E-state index in [4.69, 9.17) is 9.47 Å². The van der Waals surface area contributed by atoms with E-state index in [1.54, 1.807) is 30.1 Å². The van der Waals surface area contributed by atoms with Crippen molar-refractivity contribution in [1.29, 1.82) is 0 Å². The highest BCUT2D eigenvalue weighted by Gasteiger charge is 2.71. The summed E-state index contributed by atoms with van der Waals surface area (Å²) in [6.07, 6.45) is 8.17. The molecule has 10 nitrogen and oxygen atoms in total. The predicted molar refractivity (Wildman–Crippen MR) is 125 cm³/mol. The van der Waals surface area contributed by atoms with E-state index in [1.165, 1.54) is 4.90 Å². The van der Waals surface area contributed by atoms with E-state index in [9.17, 15) is 24.3 Å². The second-order valence-electron chi connectivity index (χ2n) is 9.66. The van der Waals surface area contributed by atoms with Gasteiger partial charge in [-0.1, -0.05) is 37.6 Å². The molecule has 10 heteroatoms. The molecular weight excluding hydrogens is 454 g/mol. The Kier molecular flexibility index (Phi) is 7.61. The van der Waals surface area contributed by atoms with E-state index >= 15 is 0 Å². The van der Waals surface area contributed by atoms with Gasteiger partial charge in [0.05, 0.1) is 25.2 Å². The van der Waals surface area contributed by atoms with Crippen molar-refractivity contribution in [3.63, 3.8) is 0 Å². The molecule has 0 aromatic heterocycles. The van der Waals surface area contributed by atoms with Crippen LogP contribution >= 0.6 is 0 Å². The lowest BCUT2D eigenvalue weighted by atomic mass is 9.78. The molecule has 3 amide bonds. The van der Waals surface area contributed by atoms with Crippen molar-refractivity contribution in [3.05, 3.63) is 24.3 Å². The molecule has 4 aliphatic heterocycles. The number of hydrogen-bond acceptors (Lipinski definition) is 7. The minimum Gasteiger partial charge on any atom is -0.460 e. The molecule has 0 aromatic carbocycles. The van der Waals surface area contributed by atoms with Gasteiger partial charge in [0, 0.05) is 26.1 Å². The number of aliphatic hydroxyl groups excluding tert-OH is 1. The number of aliphatic hydroxyl groups is 1. The van der Waals surface area contributed by atoms with Crippen molar-refractivity contribution < 1.29 is 33.8 Å². The minimum absolute atomic E-state index is 0.0307. The van der Waals surface area contributed by atoms with Gasteiger partial charge in [-0.25, -0.2) is 0 Å². The van der Waals surface area contributed by atoms with Gasteiger partial charge in [0.25, 0.3) is 0 Å². The molecule has 192 valence electrons. The van der Waals surface area contributed by atoms with E-state index in [0.29, 0.717) is 19.5 Å². The monoisotopic (exact) mass is 489 g/mol. The molecule has 2 fully saturated rings. The summed E-state index contributed by atoms with van der Waals surface area (Å²) >= 11 is 0. The molecule has 0 radical (unpaired) electrons. The third-order valence-electron chi connectivity index (χ3n) is 7.24. The normalized spacial score (nSPS) is 36.4. The SMILES string of the molecule is CCCCN1CC=C[C@]23O[C@@H]4/C=C\CCC(=O)NC[C@@H](C)OC(=O)[C@@H]4[C@H]2C(=O)N(CCO)[C@@H]3C1=O. The minimum atomic E-state index is -1.35. The molecule has 0 unspecified atom stereocenters. The Balaban J connectivity index is 1.75. The number of ether oxygens (including phenoxy) is 2. The zero-order valence-electron chi connectivity index (χ0n) is 20.4. The van der Waals surface area contributed by atoms with Crippen molar-refractivity contribution in [3.8, 4) is 0 Å². The fourth-order valence-electron chi connectivity index (χ4n) is 5.61. The number of likely N-dealkylation sites (tertiary alicyclic amines) is 1. The summed E-state index contributed by atoms with van der Waals surface area (Å²) in [5.41, 5.74) is -1.35. The van der Waals surface area contributed by atoms with Crippen molar-refractivity contribution in [2.75, 3.05) is 32.8 Å². The van der Waals surface area contributed by atoms with Crippen molar-refractivity contribution in [2.45, 2.75) is 63.4 Å². The molecule has 4 heterocycles. The van der Waals surface area contributed by atoms with Crippen LogP contribution in [0.3, 0.4) is 0 Å². The number of allylic oxidation sites excluding steroid dienone is 1. The molecule has 0 aliphatic carbocycles.